The summed E-state index contributed by atoms with van der Waals surface area (Å²) >= 11 is 0. The molecule has 2 N–H and O–H groups in total. The van der Waals surface area contributed by atoms with Gasteiger partial charge in [-0.3, -0.25) is 9.59 Å². The van der Waals surface area contributed by atoms with E-state index in [9.17, 15) is 9.59 Å². The van der Waals surface area contributed by atoms with Crippen LogP contribution in [0, 0.1) is 0 Å². The second-order valence-corrected chi connectivity index (χ2v) is 6.76. The molecule has 1 atom stereocenters. The van der Waals surface area contributed by atoms with E-state index in [1.54, 1.807) is 36.4 Å². The lowest BCUT2D eigenvalue weighted by Crippen LogP contribution is -2.32. The molecule has 8 nitrogen and oxygen atoms in total. The lowest BCUT2D eigenvalue weighted by molar-refractivity contribution is 0.0858. The Morgan fingerprint density at radius 2 is 1.73 bits per heavy atom. The van der Waals surface area contributed by atoms with Crippen LogP contribution in [0.1, 0.15) is 33.6 Å². The molecule has 1 fully saturated rings. The first-order valence-electron chi connectivity index (χ1n) is 9.67. The summed E-state index contributed by atoms with van der Waals surface area (Å²) in [6.07, 6.45) is 1.97. The van der Waals surface area contributed by atoms with Gasteiger partial charge in [0.25, 0.3) is 11.8 Å². The van der Waals surface area contributed by atoms with Gasteiger partial charge < -0.3 is 29.6 Å². The van der Waals surface area contributed by atoms with Crippen molar-refractivity contribution >= 4 is 17.5 Å². The maximum absolute atomic E-state index is 12.9. The monoisotopic (exact) mass is 414 g/mol. The van der Waals surface area contributed by atoms with Crippen LogP contribution >= 0.6 is 0 Å². The molecule has 0 saturated carbocycles. The second-order valence-electron chi connectivity index (χ2n) is 6.76. The van der Waals surface area contributed by atoms with E-state index < -0.39 is 5.91 Å². The molecule has 0 aromatic heterocycles. The van der Waals surface area contributed by atoms with E-state index in [0.717, 1.165) is 19.4 Å². The van der Waals surface area contributed by atoms with Crippen LogP contribution in [-0.2, 0) is 4.74 Å². The number of hydrogen-bond acceptors (Lipinski definition) is 6. The van der Waals surface area contributed by atoms with Gasteiger partial charge in [0.05, 0.1) is 38.7 Å². The second kappa shape index (κ2) is 9.98. The van der Waals surface area contributed by atoms with E-state index in [1.165, 1.54) is 21.3 Å². The number of ether oxygens (including phenoxy) is 4. The minimum atomic E-state index is -0.409. The van der Waals surface area contributed by atoms with Crippen LogP contribution in [0.5, 0.6) is 17.2 Å². The molecule has 2 amide bonds. The Bertz CT molecular complexity index is 883. The highest BCUT2D eigenvalue weighted by atomic mass is 16.5. The first-order chi connectivity index (χ1) is 14.6. The van der Waals surface area contributed by atoms with Gasteiger partial charge >= 0.3 is 0 Å². The van der Waals surface area contributed by atoms with Crippen molar-refractivity contribution in [3.63, 3.8) is 0 Å². The average Bonchev–Trinajstić information content (AvgIpc) is 3.30. The lowest BCUT2D eigenvalue weighted by Gasteiger charge is -2.15. The molecule has 30 heavy (non-hydrogen) atoms. The Labute approximate surface area is 175 Å². The predicted molar refractivity (Wildman–Crippen MR) is 112 cm³/mol. The maximum atomic E-state index is 12.9. The van der Waals surface area contributed by atoms with Gasteiger partial charge in [-0.2, -0.15) is 0 Å². The van der Waals surface area contributed by atoms with Crippen molar-refractivity contribution in [1.82, 2.24) is 5.32 Å². The molecule has 1 saturated heterocycles. The van der Waals surface area contributed by atoms with Gasteiger partial charge in [-0.1, -0.05) is 12.1 Å². The van der Waals surface area contributed by atoms with E-state index in [1.807, 2.05) is 0 Å². The van der Waals surface area contributed by atoms with Crippen LogP contribution in [0.2, 0.25) is 0 Å². The molecular formula is C22H26N2O6. The zero-order valence-electron chi connectivity index (χ0n) is 17.3. The number of nitrogens with one attached hydrogen (secondary N) is 2. The molecule has 1 aliphatic rings. The number of methoxy groups -OCH3 is 3. The topological polar surface area (TPSA) is 95.1 Å². The largest absolute Gasteiger partial charge is 0.493 e. The number of anilines is 1. The summed E-state index contributed by atoms with van der Waals surface area (Å²) in [6, 6.07) is 9.94. The molecule has 3 rings (SSSR count). The van der Waals surface area contributed by atoms with Crippen molar-refractivity contribution in [2.45, 2.75) is 18.9 Å². The predicted octanol–water partition coefficient (Wildman–Crippen LogP) is 2.87. The van der Waals surface area contributed by atoms with E-state index in [-0.39, 0.29) is 12.0 Å². The number of benzene rings is 2. The Balaban J connectivity index is 1.78. The number of rotatable bonds is 8. The summed E-state index contributed by atoms with van der Waals surface area (Å²) in [6.45, 7) is 1.16. The summed E-state index contributed by atoms with van der Waals surface area (Å²) in [5, 5.41) is 5.67. The Morgan fingerprint density at radius 3 is 2.33 bits per heavy atom. The number of para-hydroxylation sites is 1. The van der Waals surface area contributed by atoms with Crippen LogP contribution in [0.3, 0.4) is 0 Å². The molecule has 2 aromatic rings. The van der Waals surface area contributed by atoms with Crippen LogP contribution in [-0.4, -0.2) is 52.4 Å². The molecule has 0 aliphatic carbocycles. The average molecular weight is 414 g/mol. The summed E-state index contributed by atoms with van der Waals surface area (Å²) in [5.74, 6) is 0.444. The van der Waals surface area contributed by atoms with Crippen molar-refractivity contribution in [2.75, 3.05) is 39.8 Å². The minimum absolute atomic E-state index is 0.0370. The zero-order chi connectivity index (χ0) is 21.5. The molecule has 0 spiro atoms. The van der Waals surface area contributed by atoms with Crippen molar-refractivity contribution in [2.24, 2.45) is 0 Å². The van der Waals surface area contributed by atoms with Gasteiger partial charge in [-0.25, -0.2) is 0 Å². The van der Waals surface area contributed by atoms with E-state index in [2.05, 4.69) is 10.6 Å². The quantitative estimate of drug-likeness (QED) is 0.690. The summed E-state index contributed by atoms with van der Waals surface area (Å²) in [4.78, 5) is 25.5. The number of hydrogen-bond donors (Lipinski definition) is 2. The SMILES string of the molecule is COc1cc(C(=O)Nc2ccccc2C(=O)NC[C@H]2CCCO2)cc(OC)c1OC. The fourth-order valence-corrected chi connectivity index (χ4v) is 3.30. The van der Waals surface area contributed by atoms with Crippen molar-refractivity contribution in [1.29, 1.82) is 0 Å². The number of carbonyl (C=O) groups is 2. The van der Waals surface area contributed by atoms with Gasteiger partial charge in [0.1, 0.15) is 0 Å². The molecule has 0 bridgehead atoms. The van der Waals surface area contributed by atoms with Crippen molar-refractivity contribution in [3.8, 4) is 17.2 Å². The highest BCUT2D eigenvalue weighted by Crippen LogP contribution is 2.38. The molecule has 0 unspecified atom stereocenters. The molecule has 1 heterocycles. The van der Waals surface area contributed by atoms with Crippen LogP contribution in [0.15, 0.2) is 36.4 Å². The van der Waals surface area contributed by atoms with Gasteiger partial charge in [-0.15, -0.1) is 0 Å². The van der Waals surface area contributed by atoms with E-state index >= 15 is 0 Å². The first kappa shape index (κ1) is 21.4. The zero-order valence-corrected chi connectivity index (χ0v) is 17.3. The molecule has 160 valence electrons. The van der Waals surface area contributed by atoms with E-state index in [0.29, 0.717) is 40.6 Å². The van der Waals surface area contributed by atoms with Crippen molar-refractivity contribution < 1.29 is 28.5 Å². The van der Waals surface area contributed by atoms with Gasteiger partial charge in [0, 0.05) is 18.7 Å². The fraction of sp³-hybridized carbons (Fsp3) is 0.364. The standard InChI is InChI=1S/C22H26N2O6/c1-27-18-11-14(12-19(28-2)20(18)29-3)21(25)24-17-9-5-4-8-16(17)22(26)23-13-15-7-6-10-30-15/h4-5,8-9,11-12,15H,6-7,10,13H2,1-3H3,(H,23,26)(H,24,25)/t15-/m1/s1. The molecule has 8 heteroatoms. The van der Waals surface area contributed by atoms with Gasteiger partial charge in [0.15, 0.2) is 11.5 Å². The Morgan fingerprint density at radius 1 is 1.03 bits per heavy atom. The fourth-order valence-electron chi connectivity index (χ4n) is 3.30. The minimum Gasteiger partial charge on any atom is -0.493 e. The number of amides is 2. The third-order valence-corrected chi connectivity index (χ3v) is 4.86. The van der Waals surface area contributed by atoms with E-state index in [4.69, 9.17) is 18.9 Å². The molecular weight excluding hydrogens is 388 g/mol. The summed E-state index contributed by atoms with van der Waals surface area (Å²) < 4.78 is 21.4. The summed E-state index contributed by atoms with van der Waals surface area (Å²) in [5.41, 5.74) is 1.08. The Kier molecular flexibility index (Phi) is 7.13. The van der Waals surface area contributed by atoms with Crippen LogP contribution in [0.4, 0.5) is 5.69 Å². The Hall–Kier alpha value is -3.26. The third-order valence-electron chi connectivity index (χ3n) is 4.86. The van der Waals surface area contributed by atoms with Gasteiger partial charge in [-0.05, 0) is 37.1 Å². The van der Waals surface area contributed by atoms with Crippen LogP contribution < -0.4 is 24.8 Å². The number of carbonyl (C=O) groups excluding carboxylic acids is 2. The molecule has 1 aliphatic heterocycles. The highest BCUT2D eigenvalue weighted by Gasteiger charge is 2.20. The van der Waals surface area contributed by atoms with Crippen LogP contribution in [0.25, 0.3) is 0 Å². The highest BCUT2D eigenvalue weighted by molar-refractivity contribution is 6.09. The summed E-state index contributed by atoms with van der Waals surface area (Å²) in [7, 11) is 4.45. The molecule has 0 radical (unpaired) electrons. The maximum Gasteiger partial charge on any atom is 0.255 e. The van der Waals surface area contributed by atoms with Gasteiger partial charge in [0.2, 0.25) is 5.75 Å². The first-order valence-corrected chi connectivity index (χ1v) is 9.67. The normalized spacial score (nSPS) is 15.4. The third kappa shape index (κ3) is 4.83. The van der Waals surface area contributed by atoms with Crippen molar-refractivity contribution in [3.05, 3.63) is 47.5 Å². The molecule has 2 aromatic carbocycles. The lowest BCUT2D eigenvalue weighted by atomic mass is 10.1. The smallest absolute Gasteiger partial charge is 0.255 e.